The number of hydrogen-bond donors (Lipinski definition) is 1. The molecule has 3 aromatic rings. The van der Waals surface area contributed by atoms with E-state index in [2.05, 4.69) is 10.3 Å². The Kier molecular flexibility index (Phi) is 5.50. The number of nitro benzene ring substituents is 1. The molecular formula is C18H15N3O6S. The lowest BCUT2D eigenvalue weighted by Gasteiger charge is -2.07. The molecule has 10 heteroatoms. The molecular weight excluding hydrogens is 386 g/mol. The zero-order chi connectivity index (χ0) is 20.3. The highest BCUT2D eigenvalue weighted by Crippen LogP contribution is 2.28. The standard InChI is InChI=1S/C18H15N3O6S/c1-10-5-6-12(8-13(10)21(24)25)19-15(22)9-27-18(23)16-11(2)28-17(20-16)14-4-3-7-26-14/h3-8H,9H2,1-2H3,(H,19,22). The second-order valence-electron chi connectivity index (χ2n) is 5.78. The Balaban J connectivity index is 1.61. The molecule has 2 aromatic heterocycles. The zero-order valence-corrected chi connectivity index (χ0v) is 15.7. The van der Waals surface area contributed by atoms with E-state index in [-0.39, 0.29) is 17.1 Å². The zero-order valence-electron chi connectivity index (χ0n) is 14.9. The van der Waals surface area contributed by atoms with Gasteiger partial charge >= 0.3 is 5.97 Å². The molecule has 3 rings (SSSR count). The first-order valence-corrected chi connectivity index (χ1v) is 8.90. The van der Waals surface area contributed by atoms with Gasteiger partial charge in [-0.2, -0.15) is 0 Å². The van der Waals surface area contributed by atoms with Gasteiger partial charge in [-0.15, -0.1) is 11.3 Å². The molecule has 0 bridgehead atoms. The van der Waals surface area contributed by atoms with Crippen molar-refractivity contribution in [3.63, 3.8) is 0 Å². The van der Waals surface area contributed by atoms with Gasteiger partial charge in [0.05, 0.1) is 11.2 Å². The molecule has 0 saturated heterocycles. The molecule has 0 atom stereocenters. The fourth-order valence-electron chi connectivity index (χ4n) is 2.37. The lowest BCUT2D eigenvalue weighted by atomic mass is 10.2. The van der Waals surface area contributed by atoms with E-state index in [0.717, 1.165) is 0 Å². The number of aryl methyl sites for hydroxylation is 2. The molecule has 0 aliphatic rings. The topological polar surface area (TPSA) is 125 Å². The summed E-state index contributed by atoms with van der Waals surface area (Å²) in [5.74, 6) is -0.826. The molecule has 0 unspecified atom stereocenters. The molecule has 2 heterocycles. The lowest BCUT2D eigenvalue weighted by Crippen LogP contribution is -2.21. The number of carbonyl (C=O) groups is 2. The van der Waals surface area contributed by atoms with Gasteiger partial charge in [0.15, 0.2) is 23.1 Å². The lowest BCUT2D eigenvalue weighted by molar-refractivity contribution is -0.385. The van der Waals surface area contributed by atoms with E-state index in [1.807, 2.05) is 0 Å². The third kappa shape index (κ3) is 4.23. The Morgan fingerprint density at radius 1 is 1.32 bits per heavy atom. The van der Waals surface area contributed by atoms with Crippen LogP contribution >= 0.6 is 11.3 Å². The Morgan fingerprint density at radius 2 is 2.11 bits per heavy atom. The van der Waals surface area contributed by atoms with Gasteiger partial charge in [0.2, 0.25) is 0 Å². The van der Waals surface area contributed by atoms with Gasteiger partial charge in [-0.1, -0.05) is 6.07 Å². The molecule has 1 N–H and O–H groups in total. The van der Waals surface area contributed by atoms with Crippen molar-refractivity contribution in [3.8, 4) is 10.8 Å². The number of nitro groups is 1. The molecule has 0 aliphatic carbocycles. The first-order valence-electron chi connectivity index (χ1n) is 8.08. The van der Waals surface area contributed by atoms with E-state index >= 15 is 0 Å². The third-order valence-electron chi connectivity index (χ3n) is 3.75. The Morgan fingerprint density at radius 3 is 2.79 bits per heavy atom. The molecule has 1 amide bonds. The van der Waals surface area contributed by atoms with Gasteiger partial charge in [-0.05, 0) is 32.0 Å². The molecule has 1 aromatic carbocycles. The number of amides is 1. The molecule has 28 heavy (non-hydrogen) atoms. The van der Waals surface area contributed by atoms with Crippen molar-refractivity contribution in [3.05, 3.63) is 62.8 Å². The van der Waals surface area contributed by atoms with Gasteiger partial charge in [-0.3, -0.25) is 14.9 Å². The number of nitrogens with one attached hydrogen (secondary N) is 1. The monoisotopic (exact) mass is 401 g/mol. The van der Waals surface area contributed by atoms with E-state index in [9.17, 15) is 19.7 Å². The van der Waals surface area contributed by atoms with Crippen LogP contribution in [0.2, 0.25) is 0 Å². The minimum absolute atomic E-state index is 0.107. The smallest absolute Gasteiger partial charge is 0.358 e. The molecule has 0 saturated carbocycles. The summed E-state index contributed by atoms with van der Waals surface area (Å²) in [6.07, 6.45) is 1.50. The molecule has 0 aliphatic heterocycles. The van der Waals surface area contributed by atoms with Crippen molar-refractivity contribution in [2.75, 3.05) is 11.9 Å². The van der Waals surface area contributed by atoms with Gasteiger partial charge < -0.3 is 14.5 Å². The number of hydrogen-bond acceptors (Lipinski definition) is 8. The van der Waals surface area contributed by atoms with Gasteiger partial charge in [0.1, 0.15) is 0 Å². The first kappa shape index (κ1) is 19.2. The summed E-state index contributed by atoms with van der Waals surface area (Å²) in [6, 6.07) is 7.73. The summed E-state index contributed by atoms with van der Waals surface area (Å²) in [6.45, 7) is 2.76. The number of aromatic nitrogens is 1. The van der Waals surface area contributed by atoms with Crippen LogP contribution in [0, 0.1) is 24.0 Å². The quantitative estimate of drug-likeness (QED) is 0.379. The second kappa shape index (κ2) is 8.01. The van der Waals surface area contributed by atoms with E-state index in [0.29, 0.717) is 21.2 Å². The van der Waals surface area contributed by atoms with Crippen LogP contribution < -0.4 is 5.32 Å². The summed E-state index contributed by atoms with van der Waals surface area (Å²) >= 11 is 1.27. The highest BCUT2D eigenvalue weighted by atomic mass is 32.1. The van der Waals surface area contributed by atoms with Crippen molar-refractivity contribution in [2.45, 2.75) is 13.8 Å². The predicted molar refractivity (Wildman–Crippen MR) is 101 cm³/mol. The van der Waals surface area contributed by atoms with Crippen LogP contribution in [0.25, 0.3) is 10.8 Å². The number of rotatable bonds is 6. The summed E-state index contributed by atoms with van der Waals surface area (Å²) in [5.41, 5.74) is 0.706. The van der Waals surface area contributed by atoms with Crippen LogP contribution in [0.4, 0.5) is 11.4 Å². The molecule has 0 radical (unpaired) electrons. The largest absolute Gasteiger partial charge is 0.462 e. The van der Waals surface area contributed by atoms with Gasteiger partial charge in [-0.25, -0.2) is 9.78 Å². The number of anilines is 1. The van der Waals surface area contributed by atoms with Crippen molar-refractivity contribution in [1.82, 2.24) is 4.98 Å². The van der Waals surface area contributed by atoms with E-state index in [1.165, 1.54) is 35.8 Å². The van der Waals surface area contributed by atoms with Crippen molar-refractivity contribution < 1.29 is 23.7 Å². The maximum atomic E-state index is 12.2. The number of ether oxygens (including phenoxy) is 1. The van der Waals surface area contributed by atoms with Crippen LogP contribution in [0.1, 0.15) is 20.9 Å². The Labute approximate surface area is 163 Å². The van der Waals surface area contributed by atoms with E-state index in [1.54, 1.807) is 26.0 Å². The van der Waals surface area contributed by atoms with E-state index < -0.39 is 23.4 Å². The number of benzene rings is 1. The van der Waals surface area contributed by atoms with Crippen LogP contribution in [0.5, 0.6) is 0 Å². The maximum absolute atomic E-state index is 12.2. The van der Waals surface area contributed by atoms with Crippen LogP contribution in [0.15, 0.2) is 41.0 Å². The average molecular weight is 401 g/mol. The number of thiazole rings is 1. The highest BCUT2D eigenvalue weighted by Gasteiger charge is 2.20. The van der Waals surface area contributed by atoms with Crippen LogP contribution in [-0.2, 0) is 9.53 Å². The summed E-state index contributed by atoms with van der Waals surface area (Å²) in [5, 5.41) is 14.0. The van der Waals surface area contributed by atoms with E-state index in [4.69, 9.17) is 9.15 Å². The Hall–Kier alpha value is -3.53. The second-order valence-corrected chi connectivity index (χ2v) is 6.99. The Bertz CT molecular complexity index is 1040. The SMILES string of the molecule is Cc1ccc(NC(=O)COC(=O)c2nc(-c3ccco3)sc2C)cc1[N+](=O)[O-]. The summed E-state index contributed by atoms with van der Waals surface area (Å²) < 4.78 is 10.3. The number of nitrogens with zero attached hydrogens (tertiary/aromatic N) is 2. The fraction of sp³-hybridized carbons (Fsp3) is 0.167. The van der Waals surface area contributed by atoms with Crippen molar-refractivity contribution in [2.24, 2.45) is 0 Å². The van der Waals surface area contributed by atoms with Gasteiger partial charge in [0, 0.05) is 22.2 Å². The fourth-order valence-corrected chi connectivity index (χ4v) is 3.24. The van der Waals surface area contributed by atoms with Gasteiger partial charge in [0.25, 0.3) is 11.6 Å². The summed E-state index contributed by atoms with van der Waals surface area (Å²) in [7, 11) is 0. The first-order chi connectivity index (χ1) is 13.3. The van der Waals surface area contributed by atoms with Crippen LogP contribution in [-0.4, -0.2) is 28.4 Å². The molecule has 9 nitrogen and oxygen atoms in total. The third-order valence-corrected chi connectivity index (χ3v) is 4.73. The van der Waals surface area contributed by atoms with Crippen LogP contribution in [0.3, 0.4) is 0 Å². The highest BCUT2D eigenvalue weighted by molar-refractivity contribution is 7.15. The van der Waals surface area contributed by atoms with Crippen molar-refractivity contribution in [1.29, 1.82) is 0 Å². The molecule has 0 fully saturated rings. The minimum atomic E-state index is -0.739. The molecule has 144 valence electrons. The number of furan rings is 1. The maximum Gasteiger partial charge on any atom is 0.358 e. The average Bonchev–Trinajstić information content (AvgIpc) is 3.30. The normalized spacial score (nSPS) is 10.5. The van der Waals surface area contributed by atoms with Crippen molar-refractivity contribution >= 4 is 34.6 Å². The minimum Gasteiger partial charge on any atom is -0.462 e. The summed E-state index contributed by atoms with van der Waals surface area (Å²) in [4.78, 5) is 39.5. The number of esters is 1. The predicted octanol–water partition coefficient (Wildman–Crippen LogP) is 3.72. The number of carbonyl (C=O) groups excluding carboxylic acids is 2. The molecule has 0 spiro atoms.